The fraction of sp³-hybridized carbons (Fsp3) is 0.400. The van der Waals surface area contributed by atoms with Crippen molar-refractivity contribution in [1.82, 2.24) is 15.3 Å². The number of sulfonamides is 1. The second kappa shape index (κ2) is 9.29. The molecule has 2 aromatic rings. The summed E-state index contributed by atoms with van der Waals surface area (Å²) in [6, 6.07) is 6.43. The minimum Gasteiger partial charge on any atom is -0.444 e. The first-order valence-electron chi connectivity index (χ1n) is 9.51. The molecule has 1 atom stereocenters. The fourth-order valence-electron chi connectivity index (χ4n) is 2.47. The molecular formula is C20H27N5O5S. The van der Waals surface area contributed by atoms with Gasteiger partial charge in [-0.3, -0.25) is 4.79 Å². The molecule has 3 N–H and O–H groups in total. The Kier molecular flexibility index (Phi) is 7.21. The predicted octanol–water partition coefficient (Wildman–Crippen LogP) is 2.75. The van der Waals surface area contributed by atoms with Crippen LogP contribution in [0.25, 0.3) is 0 Å². The first kappa shape index (κ1) is 24.1. The van der Waals surface area contributed by atoms with Crippen LogP contribution < -0.4 is 15.4 Å². The summed E-state index contributed by atoms with van der Waals surface area (Å²) >= 11 is 0. The van der Waals surface area contributed by atoms with Crippen LogP contribution in [0.1, 0.15) is 39.1 Å². The Morgan fingerprint density at radius 1 is 1.03 bits per heavy atom. The normalized spacial score (nSPS) is 12.6. The highest BCUT2D eigenvalue weighted by molar-refractivity contribution is 7.92. The molecule has 1 heterocycles. The summed E-state index contributed by atoms with van der Waals surface area (Å²) in [6.45, 7) is 10.1. The maximum Gasteiger partial charge on any atom is 0.408 e. The average molecular weight is 450 g/mol. The van der Waals surface area contributed by atoms with Crippen molar-refractivity contribution in [2.24, 2.45) is 0 Å². The number of aryl methyl sites for hydroxylation is 2. The standard InChI is InChI=1S/C20H27N5O5S/c1-12-11-13(2)22-18(21-12)25-31(28,29)16-9-7-15(8-10-16)24-17(26)14(3)23-19(27)30-20(4,5)6/h7-11,14H,1-6H3,(H,23,27)(H,24,26)(H,21,22,25)/t14-/m0/s1. The van der Waals surface area contributed by atoms with Gasteiger partial charge in [-0.1, -0.05) is 0 Å². The van der Waals surface area contributed by atoms with Crippen LogP contribution in [0.5, 0.6) is 0 Å². The summed E-state index contributed by atoms with van der Waals surface area (Å²) in [7, 11) is -3.90. The number of hydrogen-bond acceptors (Lipinski definition) is 7. The highest BCUT2D eigenvalue weighted by Gasteiger charge is 2.21. The average Bonchev–Trinajstić information content (AvgIpc) is 2.59. The number of hydrogen-bond donors (Lipinski definition) is 3. The van der Waals surface area contributed by atoms with E-state index in [1.807, 2.05) is 0 Å². The molecule has 0 radical (unpaired) electrons. The van der Waals surface area contributed by atoms with Gasteiger partial charge in [0.25, 0.3) is 10.0 Å². The van der Waals surface area contributed by atoms with E-state index in [-0.39, 0.29) is 10.8 Å². The van der Waals surface area contributed by atoms with E-state index in [4.69, 9.17) is 4.74 Å². The van der Waals surface area contributed by atoms with E-state index in [0.29, 0.717) is 17.1 Å². The van der Waals surface area contributed by atoms with E-state index in [0.717, 1.165) is 0 Å². The molecule has 0 saturated carbocycles. The SMILES string of the molecule is Cc1cc(C)nc(NS(=O)(=O)c2ccc(NC(=O)[C@H](C)NC(=O)OC(C)(C)C)cc2)n1. The topological polar surface area (TPSA) is 139 Å². The van der Waals surface area contributed by atoms with Gasteiger partial charge in [0.15, 0.2) is 0 Å². The highest BCUT2D eigenvalue weighted by Crippen LogP contribution is 2.17. The van der Waals surface area contributed by atoms with Crippen LogP contribution in [0.15, 0.2) is 35.2 Å². The number of aromatic nitrogens is 2. The van der Waals surface area contributed by atoms with Crippen molar-refractivity contribution in [2.75, 3.05) is 10.0 Å². The van der Waals surface area contributed by atoms with Crippen LogP contribution in [0.2, 0.25) is 0 Å². The number of benzene rings is 1. The Labute approximate surface area is 181 Å². The Morgan fingerprint density at radius 3 is 2.10 bits per heavy atom. The van der Waals surface area contributed by atoms with E-state index in [9.17, 15) is 18.0 Å². The maximum absolute atomic E-state index is 12.6. The number of amides is 2. The predicted molar refractivity (Wildman–Crippen MR) is 116 cm³/mol. The lowest BCUT2D eigenvalue weighted by atomic mass is 10.2. The van der Waals surface area contributed by atoms with Gasteiger partial charge in [0.05, 0.1) is 4.90 Å². The van der Waals surface area contributed by atoms with Crippen LogP contribution >= 0.6 is 0 Å². The number of nitrogens with one attached hydrogen (secondary N) is 3. The molecule has 1 aromatic carbocycles. The number of anilines is 2. The lowest BCUT2D eigenvalue weighted by Crippen LogP contribution is -2.43. The zero-order valence-corrected chi connectivity index (χ0v) is 19.1. The molecule has 31 heavy (non-hydrogen) atoms. The van der Waals surface area contributed by atoms with Crippen molar-refractivity contribution in [1.29, 1.82) is 0 Å². The highest BCUT2D eigenvalue weighted by atomic mass is 32.2. The molecule has 0 aliphatic heterocycles. The van der Waals surface area contributed by atoms with E-state index >= 15 is 0 Å². The lowest BCUT2D eigenvalue weighted by Gasteiger charge is -2.21. The molecule has 168 valence electrons. The number of ether oxygens (including phenoxy) is 1. The van der Waals surface area contributed by atoms with Gasteiger partial charge >= 0.3 is 6.09 Å². The van der Waals surface area contributed by atoms with Crippen LogP contribution in [0, 0.1) is 13.8 Å². The zero-order chi connectivity index (χ0) is 23.4. The Bertz CT molecular complexity index is 1040. The van der Waals surface area contributed by atoms with E-state index in [2.05, 4.69) is 25.3 Å². The third-order valence-electron chi connectivity index (χ3n) is 3.77. The van der Waals surface area contributed by atoms with Gasteiger partial charge in [-0.15, -0.1) is 0 Å². The van der Waals surface area contributed by atoms with E-state index in [1.165, 1.54) is 31.2 Å². The van der Waals surface area contributed by atoms with Crippen LogP contribution in [-0.2, 0) is 19.6 Å². The molecule has 0 saturated heterocycles. The molecule has 1 aromatic heterocycles. The fourth-order valence-corrected chi connectivity index (χ4v) is 3.41. The second-order valence-corrected chi connectivity index (χ2v) is 9.64. The lowest BCUT2D eigenvalue weighted by molar-refractivity contribution is -0.117. The second-order valence-electron chi connectivity index (χ2n) is 7.96. The quantitative estimate of drug-likeness (QED) is 0.616. The first-order chi connectivity index (χ1) is 14.2. The molecule has 0 aliphatic carbocycles. The van der Waals surface area contributed by atoms with Gasteiger partial charge in [0.2, 0.25) is 11.9 Å². The monoisotopic (exact) mass is 449 g/mol. The minimum absolute atomic E-state index is 0.0167. The summed E-state index contributed by atoms with van der Waals surface area (Å²) in [4.78, 5) is 32.2. The van der Waals surface area contributed by atoms with Crippen molar-refractivity contribution in [3.05, 3.63) is 41.7 Å². The smallest absolute Gasteiger partial charge is 0.408 e. The maximum atomic E-state index is 12.6. The molecule has 0 aliphatic rings. The third kappa shape index (κ3) is 7.52. The number of alkyl carbamates (subject to hydrolysis) is 1. The van der Waals surface area contributed by atoms with Crippen LogP contribution in [0.3, 0.4) is 0 Å². The van der Waals surface area contributed by atoms with Crippen molar-refractivity contribution < 1.29 is 22.7 Å². The number of rotatable bonds is 6. The molecule has 0 spiro atoms. The van der Waals surface area contributed by atoms with Crippen LogP contribution in [-0.4, -0.2) is 42.0 Å². The summed E-state index contributed by atoms with van der Waals surface area (Å²) in [5.74, 6) is -0.500. The summed E-state index contributed by atoms with van der Waals surface area (Å²) in [6.07, 6.45) is -0.712. The van der Waals surface area contributed by atoms with Gasteiger partial charge < -0.3 is 15.4 Å². The molecule has 2 amide bonds. The van der Waals surface area contributed by atoms with Gasteiger partial charge in [0.1, 0.15) is 11.6 Å². The van der Waals surface area contributed by atoms with Gasteiger partial charge in [-0.2, -0.15) is 0 Å². The van der Waals surface area contributed by atoms with Crippen molar-refractivity contribution in [2.45, 2.75) is 58.1 Å². The van der Waals surface area contributed by atoms with E-state index in [1.54, 1.807) is 40.7 Å². The molecule has 0 unspecified atom stereocenters. The summed E-state index contributed by atoms with van der Waals surface area (Å²) in [5, 5.41) is 5.04. The number of nitrogens with zero attached hydrogens (tertiary/aromatic N) is 2. The molecule has 11 heteroatoms. The van der Waals surface area contributed by atoms with Crippen LogP contribution in [0.4, 0.5) is 16.4 Å². The summed E-state index contributed by atoms with van der Waals surface area (Å²) < 4.78 is 32.6. The Balaban J connectivity index is 2.02. The zero-order valence-electron chi connectivity index (χ0n) is 18.3. The molecule has 0 bridgehead atoms. The third-order valence-corrected chi connectivity index (χ3v) is 5.11. The van der Waals surface area contributed by atoms with Crippen molar-refractivity contribution in [3.63, 3.8) is 0 Å². The largest absolute Gasteiger partial charge is 0.444 e. The number of carbonyl (C=O) groups excluding carboxylic acids is 2. The first-order valence-corrected chi connectivity index (χ1v) is 11.0. The van der Waals surface area contributed by atoms with Gasteiger partial charge in [0, 0.05) is 17.1 Å². The summed E-state index contributed by atoms with van der Waals surface area (Å²) in [5.41, 5.74) is 0.955. The molecule has 2 rings (SSSR count). The molecule has 10 nitrogen and oxygen atoms in total. The molecular weight excluding hydrogens is 422 g/mol. The van der Waals surface area contributed by atoms with E-state index < -0.39 is 33.7 Å². The van der Waals surface area contributed by atoms with Crippen molar-refractivity contribution >= 4 is 33.7 Å². The molecule has 0 fully saturated rings. The Hall–Kier alpha value is -3.21. The minimum atomic E-state index is -3.90. The number of carbonyl (C=O) groups is 2. The van der Waals surface area contributed by atoms with Crippen molar-refractivity contribution in [3.8, 4) is 0 Å². The van der Waals surface area contributed by atoms with Gasteiger partial charge in [-0.05, 0) is 71.9 Å². The van der Waals surface area contributed by atoms with Gasteiger partial charge in [-0.25, -0.2) is 27.9 Å². The Morgan fingerprint density at radius 2 is 1.58 bits per heavy atom.